The van der Waals surface area contributed by atoms with Gasteiger partial charge in [-0.05, 0) is 53.4 Å². The Hall–Kier alpha value is -2.28. The molecule has 0 aliphatic heterocycles. The Morgan fingerprint density at radius 2 is 1.55 bits per heavy atom. The van der Waals surface area contributed by atoms with E-state index in [1.54, 1.807) is 0 Å². The second-order valence-electron chi connectivity index (χ2n) is 7.25. The lowest BCUT2D eigenvalue weighted by atomic mass is 10.1. The number of thioether (sulfide) groups is 1. The molecule has 6 nitrogen and oxygen atoms in total. The molecule has 0 aromatic carbocycles. The number of methoxy groups -OCH3 is 1. The van der Waals surface area contributed by atoms with Gasteiger partial charge < -0.3 is 15.2 Å². The minimum absolute atomic E-state index is 0. The van der Waals surface area contributed by atoms with Gasteiger partial charge in [-0.25, -0.2) is 9.59 Å². The van der Waals surface area contributed by atoms with Crippen molar-refractivity contribution in [2.75, 3.05) is 18.6 Å². The van der Waals surface area contributed by atoms with Gasteiger partial charge in [-0.2, -0.15) is 11.8 Å². The molecule has 176 valence electrons. The normalized spacial score (nSPS) is 12.7. The number of rotatable bonds is 14. The highest BCUT2D eigenvalue weighted by Gasteiger charge is 2.18. The summed E-state index contributed by atoms with van der Waals surface area (Å²) in [6, 6.07) is -1.02. The summed E-state index contributed by atoms with van der Waals surface area (Å²) in [5.41, 5.74) is 4.00. The predicted molar refractivity (Wildman–Crippen MR) is 130 cm³/mol. The summed E-state index contributed by atoms with van der Waals surface area (Å²) < 4.78 is 4.38. The first-order valence-corrected chi connectivity index (χ1v) is 11.1. The quantitative estimate of drug-likeness (QED) is 0.165. The Balaban J connectivity index is 0. The van der Waals surface area contributed by atoms with Gasteiger partial charge >= 0.3 is 11.9 Å². The van der Waals surface area contributed by atoms with Crippen LogP contribution in [-0.2, 0) is 19.1 Å². The molecule has 0 aliphatic rings. The largest absolute Gasteiger partial charge is 0.480 e. The summed E-state index contributed by atoms with van der Waals surface area (Å²) in [6.07, 6.45) is 12.7. The standard InChI is InChI=1S/C23H35NO5S.CH4/c1-17(2)8-6-9-18(3)10-7-11-19(4)14-15-30-16-20(23(27)28)24-21(25)12-13-22(26)29-5;/h8,10,12-14,20H,6-7,9,11,15-16H2,1-5H3,(H,24,25)(H,27,28);1H4/b13-12+,18-10+,19-14+;/t20-;/m0./s1. The molecule has 0 fully saturated rings. The lowest BCUT2D eigenvalue weighted by molar-refractivity contribution is -0.140. The fourth-order valence-corrected chi connectivity index (χ4v) is 3.33. The lowest BCUT2D eigenvalue weighted by Gasteiger charge is -2.12. The van der Waals surface area contributed by atoms with Crippen molar-refractivity contribution in [1.82, 2.24) is 5.32 Å². The van der Waals surface area contributed by atoms with Crippen molar-refractivity contribution in [2.45, 2.75) is 66.8 Å². The highest BCUT2D eigenvalue weighted by Crippen LogP contribution is 2.13. The molecule has 0 aliphatic carbocycles. The maximum Gasteiger partial charge on any atom is 0.330 e. The Labute approximate surface area is 191 Å². The van der Waals surface area contributed by atoms with Gasteiger partial charge in [0.1, 0.15) is 6.04 Å². The van der Waals surface area contributed by atoms with Crippen LogP contribution in [0.1, 0.15) is 60.8 Å². The van der Waals surface area contributed by atoms with E-state index >= 15 is 0 Å². The number of amides is 1. The van der Waals surface area contributed by atoms with Gasteiger partial charge in [-0.15, -0.1) is 0 Å². The molecule has 2 N–H and O–H groups in total. The van der Waals surface area contributed by atoms with Crippen molar-refractivity contribution in [3.8, 4) is 0 Å². The summed E-state index contributed by atoms with van der Waals surface area (Å²) in [5, 5.41) is 11.6. The van der Waals surface area contributed by atoms with Gasteiger partial charge in [0, 0.05) is 23.7 Å². The number of nitrogens with one attached hydrogen (secondary N) is 1. The molecular formula is C24H39NO5S. The van der Waals surface area contributed by atoms with Crippen molar-refractivity contribution in [3.63, 3.8) is 0 Å². The average Bonchev–Trinajstić information content (AvgIpc) is 2.67. The zero-order valence-electron chi connectivity index (χ0n) is 18.7. The van der Waals surface area contributed by atoms with Crippen molar-refractivity contribution >= 4 is 29.6 Å². The monoisotopic (exact) mass is 453 g/mol. The molecule has 0 rings (SSSR count). The van der Waals surface area contributed by atoms with Crippen LogP contribution in [0.3, 0.4) is 0 Å². The van der Waals surface area contributed by atoms with Crippen molar-refractivity contribution < 1.29 is 24.2 Å². The van der Waals surface area contributed by atoms with Gasteiger partial charge in [0.2, 0.25) is 5.91 Å². The number of carboxylic acid groups (broad SMARTS) is 1. The third kappa shape index (κ3) is 18.2. The second-order valence-corrected chi connectivity index (χ2v) is 8.33. The molecule has 1 amide bonds. The molecule has 1 atom stereocenters. The van der Waals surface area contributed by atoms with E-state index in [1.165, 1.54) is 35.6 Å². The van der Waals surface area contributed by atoms with E-state index < -0.39 is 23.9 Å². The number of carboxylic acids is 1. The Morgan fingerprint density at radius 3 is 2.10 bits per heavy atom. The van der Waals surface area contributed by atoms with Crippen LogP contribution in [0, 0.1) is 0 Å². The fraction of sp³-hybridized carbons (Fsp3) is 0.542. The minimum atomic E-state index is -1.11. The summed E-state index contributed by atoms with van der Waals surface area (Å²) in [5.74, 6) is -1.53. The highest BCUT2D eigenvalue weighted by atomic mass is 32.2. The Morgan fingerprint density at radius 1 is 0.968 bits per heavy atom. The van der Waals surface area contributed by atoms with Gasteiger partial charge in [0.25, 0.3) is 0 Å². The van der Waals surface area contributed by atoms with Crippen molar-refractivity contribution in [1.29, 1.82) is 0 Å². The zero-order valence-corrected chi connectivity index (χ0v) is 19.5. The maximum absolute atomic E-state index is 11.7. The summed E-state index contributed by atoms with van der Waals surface area (Å²) >= 11 is 1.43. The fourth-order valence-electron chi connectivity index (χ4n) is 2.33. The molecule has 0 heterocycles. The molecule has 0 aromatic rings. The lowest BCUT2D eigenvalue weighted by Crippen LogP contribution is -2.42. The highest BCUT2D eigenvalue weighted by molar-refractivity contribution is 7.99. The van der Waals surface area contributed by atoms with Crippen LogP contribution >= 0.6 is 11.8 Å². The van der Waals surface area contributed by atoms with E-state index in [-0.39, 0.29) is 13.2 Å². The molecule has 0 aromatic heterocycles. The summed E-state index contributed by atoms with van der Waals surface area (Å²) in [6.45, 7) is 8.45. The van der Waals surface area contributed by atoms with Gasteiger partial charge in [-0.1, -0.05) is 42.4 Å². The molecule has 7 heteroatoms. The average molecular weight is 454 g/mol. The first-order valence-electron chi connectivity index (χ1n) is 9.97. The molecule has 0 radical (unpaired) electrons. The number of hydrogen-bond donors (Lipinski definition) is 2. The van der Waals surface area contributed by atoms with Crippen molar-refractivity contribution in [2.24, 2.45) is 0 Å². The topological polar surface area (TPSA) is 92.7 Å². The third-order valence-corrected chi connectivity index (χ3v) is 5.11. The zero-order chi connectivity index (χ0) is 22.9. The van der Waals surface area contributed by atoms with Gasteiger partial charge in [0.05, 0.1) is 7.11 Å². The minimum Gasteiger partial charge on any atom is -0.480 e. The van der Waals surface area contributed by atoms with E-state index in [4.69, 9.17) is 0 Å². The number of aliphatic carboxylic acids is 1. The number of hydrogen-bond acceptors (Lipinski definition) is 5. The molecule has 0 saturated carbocycles. The second kappa shape index (κ2) is 18.5. The molecule has 0 spiro atoms. The van der Waals surface area contributed by atoms with Crippen LogP contribution < -0.4 is 5.32 Å². The molecule has 31 heavy (non-hydrogen) atoms. The number of ether oxygens (including phenoxy) is 1. The van der Waals surface area contributed by atoms with Crippen LogP contribution in [0.15, 0.2) is 47.1 Å². The van der Waals surface area contributed by atoms with E-state index in [0.29, 0.717) is 5.75 Å². The smallest absolute Gasteiger partial charge is 0.330 e. The number of carbonyl (C=O) groups is 3. The Bertz CT molecular complexity index is 688. The molecule has 0 bridgehead atoms. The van der Waals surface area contributed by atoms with Crippen LogP contribution in [0.4, 0.5) is 0 Å². The van der Waals surface area contributed by atoms with Gasteiger partial charge in [0.15, 0.2) is 0 Å². The molecule has 0 saturated heterocycles. The summed E-state index contributed by atoms with van der Waals surface area (Å²) in [4.78, 5) is 34.0. The van der Waals surface area contributed by atoms with Crippen molar-refractivity contribution in [3.05, 3.63) is 47.1 Å². The molecular weight excluding hydrogens is 414 g/mol. The van der Waals surface area contributed by atoms with E-state index in [1.807, 2.05) is 0 Å². The third-order valence-electron chi connectivity index (χ3n) is 4.14. The van der Waals surface area contributed by atoms with E-state index in [9.17, 15) is 19.5 Å². The SMILES string of the molecule is C.COC(=O)/C=C/C(=O)N[C@@H](CSC/C=C(\C)CC/C=C(\C)CCC=C(C)C)C(=O)O. The maximum atomic E-state index is 11.7. The predicted octanol–water partition coefficient (Wildman–Crippen LogP) is 5.07. The van der Waals surface area contributed by atoms with E-state index in [2.05, 4.69) is 56.0 Å². The number of esters is 1. The van der Waals surface area contributed by atoms with Crippen LogP contribution in [0.25, 0.3) is 0 Å². The number of carbonyl (C=O) groups excluding carboxylic acids is 2. The molecule has 0 unspecified atom stereocenters. The Kier molecular flexibility index (Phi) is 18.4. The number of allylic oxidation sites excluding steroid dienone is 5. The van der Waals surface area contributed by atoms with Crippen LogP contribution in [-0.4, -0.2) is 47.6 Å². The van der Waals surface area contributed by atoms with E-state index in [0.717, 1.165) is 37.8 Å². The van der Waals surface area contributed by atoms with Crippen LogP contribution in [0.5, 0.6) is 0 Å². The first kappa shape index (κ1) is 30.9. The van der Waals surface area contributed by atoms with Gasteiger partial charge in [-0.3, -0.25) is 4.79 Å². The summed E-state index contributed by atoms with van der Waals surface area (Å²) in [7, 11) is 1.19. The first-order chi connectivity index (χ1) is 14.1. The van der Waals surface area contributed by atoms with Crippen LogP contribution in [0.2, 0.25) is 0 Å².